The van der Waals surface area contributed by atoms with E-state index in [1.165, 1.54) is 16.0 Å². The highest BCUT2D eigenvalue weighted by molar-refractivity contribution is 7.99. The second-order valence-electron chi connectivity index (χ2n) is 8.77. The topological polar surface area (TPSA) is 45.7 Å². The summed E-state index contributed by atoms with van der Waals surface area (Å²) in [6, 6.07) is 15.0. The number of halogens is 1. The zero-order valence-corrected chi connectivity index (χ0v) is 23.2. The van der Waals surface area contributed by atoms with Crippen LogP contribution in [0.25, 0.3) is 10.2 Å². The lowest BCUT2D eigenvalue weighted by Gasteiger charge is -2.27. The average molecular weight is 534 g/mol. The fourth-order valence-corrected chi connectivity index (χ4v) is 6.00. The normalized spacial score (nSPS) is 14.1. The number of morpholine rings is 1. The number of hydrogen-bond donors (Lipinski definition) is 0. The van der Waals surface area contributed by atoms with E-state index in [-0.39, 0.29) is 18.3 Å². The van der Waals surface area contributed by atoms with Crippen molar-refractivity contribution in [1.82, 2.24) is 9.88 Å². The molecule has 4 rings (SSSR count). The average Bonchev–Trinajstić information content (AvgIpc) is 3.29. The van der Waals surface area contributed by atoms with Crippen LogP contribution in [0.2, 0.25) is 0 Å². The Morgan fingerprint density at radius 2 is 1.91 bits per heavy atom. The molecular weight excluding hydrogens is 498 g/mol. The van der Waals surface area contributed by atoms with Gasteiger partial charge in [-0.1, -0.05) is 42.0 Å². The molecular formula is C27H36ClN3O2S2. The fourth-order valence-electron chi connectivity index (χ4n) is 4.08. The maximum atomic E-state index is 13.3. The van der Waals surface area contributed by atoms with Gasteiger partial charge in [0.1, 0.15) is 0 Å². The van der Waals surface area contributed by atoms with Gasteiger partial charge < -0.3 is 4.74 Å². The van der Waals surface area contributed by atoms with Gasteiger partial charge in [0.2, 0.25) is 5.91 Å². The van der Waals surface area contributed by atoms with Crippen molar-refractivity contribution in [1.29, 1.82) is 0 Å². The van der Waals surface area contributed by atoms with Crippen molar-refractivity contribution in [3.63, 3.8) is 0 Å². The van der Waals surface area contributed by atoms with Gasteiger partial charge in [-0.3, -0.25) is 14.6 Å². The van der Waals surface area contributed by atoms with Gasteiger partial charge in [-0.15, -0.1) is 24.2 Å². The Balaban J connectivity index is 0.00000342. The number of carbonyl (C=O) groups excluding carboxylic acids is 1. The molecule has 1 fully saturated rings. The highest BCUT2D eigenvalue weighted by Crippen LogP contribution is 2.31. The number of anilines is 1. The van der Waals surface area contributed by atoms with Gasteiger partial charge >= 0.3 is 0 Å². The molecule has 190 valence electrons. The van der Waals surface area contributed by atoms with Crippen LogP contribution in [0.5, 0.6) is 0 Å². The molecule has 8 heteroatoms. The number of carbonyl (C=O) groups is 1. The van der Waals surface area contributed by atoms with E-state index >= 15 is 0 Å². The van der Waals surface area contributed by atoms with E-state index in [1.54, 1.807) is 11.3 Å². The van der Waals surface area contributed by atoms with Gasteiger partial charge in [0, 0.05) is 37.5 Å². The maximum absolute atomic E-state index is 13.3. The molecule has 0 bridgehead atoms. The summed E-state index contributed by atoms with van der Waals surface area (Å²) in [5.41, 5.74) is 3.56. The second-order valence-corrected chi connectivity index (χ2v) is 10.9. The summed E-state index contributed by atoms with van der Waals surface area (Å²) in [5.74, 6) is 1.12. The van der Waals surface area contributed by atoms with Crippen LogP contribution >= 0.6 is 35.5 Å². The molecule has 0 atom stereocenters. The Morgan fingerprint density at radius 3 is 2.66 bits per heavy atom. The van der Waals surface area contributed by atoms with Gasteiger partial charge in [-0.2, -0.15) is 0 Å². The van der Waals surface area contributed by atoms with Crippen molar-refractivity contribution in [3.05, 3.63) is 53.6 Å². The van der Waals surface area contributed by atoms with E-state index in [9.17, 15) is 4.79 Å². The number of ether oxygens (including phenoxy) is 1. The third-order valence-electron chi connectivity index (χ3n) is 6.17. The molecule has 3 aromatic rings. The molecule has 0 saturated carbocycles. The lowest BCUT2D eigenvalue weighted by atomic mass is 10.2. The molecule has 1 saturated heterocycles. The maximum Gasteiger partial charge on any atom is 0.228 e. The first kappa shape index (κ1) is 27.9. The molecule has 1 aromatic heterocycles. The molecule has 1 aliphatic rings. The summed E-state index contributed by atoms with van der Waals surface area (Å²) in [4.78, 5) is 23.8. The van der Waals surface area contributed by atoms with Crippen LogP contribution in [-0.2, 0) is 16.0 Å². The van der Waals surface area contributed by atoms with E-state index in [0.29, 0.717) is 13.0 Å². The first-order valence-electron chi connectivity index (χ1n) is 12.3. The van der Waals surface area contributed by atoms with Crippen LogP contribution in [0.4, 0.5) is 5.13 Å². The van der Waals surface area contributed by atoms with E-state index in [4.69, 9.17) is 9.72 Å². The molecule has 0 N–H and O–H groups in total. The van der Waals surface area contributed by atoms with Crippen molar-refractivity contribution in [2.24, 2.45) is 0 Å². The molecule has 0 aliphatic carbocycles. The van der Waals surface area contributed by atoms with Crippen molar-refractivity contribution in [2.45, 2.75) is 44.4 Å². The number of thiazole rings is 1. The molecule has 5 nitrogen and oxygen atoms in total. The molecule has 1 aliphatic heterocycles. The monoisotopic (exact) mass is 533 g/mol. The number of amides is 1. The Labute approximate surface area is 223 Å². The Bertz CT molecular complexity index is 1070. The van der Waals surface area contributed by atoms with Crippen LogP contribution < -0.4 is 4.90 Å². The van der Waals surface area contributed by atoms with Crippen LogP contribution in [0.3, 0.4) is 0 Å². The SMILES string of the molecule is CCc1ccc2nc(N(CCCN3CCOCC3)C(=O)CCCSc3ccc(C)cc3)sc2c1.Cl. The molecule has 1 amide bonds. The molecule has 35 heavy (non-hydrogen) atoms. The zero-order chi connectivity index (χ0) is 23.8. The Morgan fingerprint density at radius 1 is 1.14 bits per heavy atom. The van der Waals surface area contributed by atoms with Crippen LogP contribution in [-0.4, -0.2) is 60.9 Å². The third-order valence-corrected chi connectivity index (χ3v) is 8.31. The van der Waals surface area contributed by atoms with Gasteiger partial charge in [-0.25, -0.2) is 4.98 Å². The van der Waals surface area contributed by atoms with Crippen LogP contribution in [0, 0.1) is 6.92 Å². The number of fused-ring (bicyclic) bond motifs is 1. The van der Waals surface area contributed by atoms with Gasteiger partial charge in [-0.05, 0) is 61.8 Å². The quantitative estimate of drug-likeness (QED) is 0.216. The van der Waals surface area contributed by atoms with Crippen LogP contribution in [0.1, 0.15) is 37.3 Å². The molecule has 2 aromatic carbocycles. The molecule has 0 radical (unpaired) electrons. The number of benzene rings is 2. The Kier molecular flexibility index (Phi) is 11.3. The number of aromatic nitrogens is 1. The standard InChI is InChI=1S/C27H35N3O2S2.ClH/c1-3-22-9-12-24-25(20-22)34-27(28-24)30(14-5-13-29-15-17-32-18-16-29)26(31)6-4-19-33-23-10-7-21(2)8-11-23;/h7-12,20H,3-6,13-19H2,1-2H3;1H. The summed E-state index contributed by atoms with van der Waals surface area (Å²) in [5, 5.41) is 0.835. The van der Waals surface area contributed by atoms with Gasteiger partial charge in [0.25, 0.3) is 0 Å². The van der Waals surface area contributed by atoms with Gasteiger partial charge in [0.05, 0.1) is 23.4 Å². The van der Waals surface area contributed by atoms with E-state index in [0.717, 1.165) is 73.2 Å². The van der Waals surface area contributed by atoms with Crippen LogP contribution in [0.15, 0.2) is 47.4 Å². The van der Waals surface area contributed by atoms with E-state index < -0.39 is 0 Å². The summed E-state index contributed by atoms with van der Waals surface area (Å²) in [6.45, 7) is 9.53. The lowest BCUT2D eigenvalue weighted by Crippen LogP contribution is -2.39. The summed E-state index contributed by atoms with van der Waals surface area (Å²) < 4.78 is 6.63. The Hall–Kier alpha value is -1.64. The predicted octanol–water partition coefficient (Wildman–Crippen LogP) is 6.22. The number of rotatable bonds is 11. The number of aryl methyl sites for hydroxylation is 2. The van der Waals surface area contributed by atoms with Crippen molar-refractivity contribution >= 4 is 56.8 Å². The first-order valence-corrected chi connectivity index (χ1v) is 14.1. The smallest absolute Gasteiger partial charge is 0.228 e. The van der Waals surface area contributed by atoms with Gasteiger partial charge in [0.15, 0.2) is 5.13 Å². The molecule has 0 unspecified atom stereocenters. The minimum absolute atomic E-state index is 0. The zero-order valence-electron chi connectivity index (χ0n) is 20.7. The van der Waals surface area contributed by atoms with Crippen molar-refractivity contribution in [2.75, 3.05) is 50.0 Å². The number of hydrogen-bond acceptors (Lipinski definition) is 6. The molecule has 2 heterocycles. The summed E-state index contributed by atoms with van der Waals surface area (Å²) in [7, 11) is 0. The fraction of sp³-hybridized carbons (Fsp3) is 0.481. The summed E-state index contributed by atoms with van der Waals surface area (Å²) >= 11 is 3.46. The van der Waals surface area contributed by atoms with Crippen molar-refractivity contribution in [3.8, 4) is 0 Å². The summed E-state index contributed by atoms with van der Waals surface area (Å²) in [6.07, 6.45) is 3.36. The minimum Gasteiger partial charge on any atom is -0.379 e. The lowest BCUT2D eigenvalue weighted by molar-refractivity contribution is -0.118. The largest absolute Gasteiger partial charge is 0.379 e. The first-order chi connectivity index (χ1) is 16.6. The minimum atomic E-state index is 0. The highest BCUT2D eigenvalue weighted by atomic mass is 35.5. The molecule has 0 spiro atoms. The number of nitrogens with zero attached hydrogens (tertiary/aromatic N) is 3. The van der Waals surface area contributed by atoms with Crippen molar-refractivity contribution < 1.29 is 9.53 Å². The predicted molar refractivity (Wildman–Crippen MR) is 152 cm³/mol. The second kappa shape index (κ2) is 14.2. The number of thioether (sulfide) groups is 1. The van der Waals surface area contributed by atoms with E-state index in [2.05, 4.69) is 61.2 Å². The highest BCUT2D eigenvalue weighted by Gasteiger charge is 2.20. The van der Waals surface area contributed by atoms with E-state index in [1.807, 2.05) is 16.7 Å². The third kappa shape index (κ3) is 8.19.